The van der Waals surface area contributed by atoms with Crippen molar-refractivity contribution in [2.24, 2.45) is 0 Å². The maximum atomic E-state index is 5.42. The fourth-order valence-corrected chi connectivity index (χ4v) is 3.86. The molecule has 0 atom stereocenters. The molecule has 0 radical (unpaired) electrons. The van der Waals surface area contributed by atoms with Gasteiger partial charge in [-0.15, -0.1) is 0 Å². The molecule has 2 aliphatic rings. The fourth-order valence-electron chi connectivity index (χ4n) is 2.74. The second kappa shape index (κ2) is 3.33. The molecule has 0 nitrogen and oxygen atoms in total. The lowest BCUT2D eigenvalue weighted by atomic mass is 10.0. The molecule has 84 valence electrons. The number of hydrogen-bond donors (Lipinski definition) is 0. The Balaban J connectivity index is 2.35. The summed E-state index contributed by atoms with van der Waals surface area (Å²) in [6, 6.07) is 8.08. The average Bonchev–Trinajstić information content (AvgIpc) is 2.77. The van der Waals surface area contributed by atoms with Crippen LogP contribution in [0.1, 0.15) is 22.3 Å². The molecule has 0 bridgehead atoms. The molecule has 0 amide bonds. The van der Waals surface area contributed by atoms with Crippen molar-refractivity contribution in [3.8, 4) is 0 Å². The standard InChI is InChI=1S/C14H4S4/c15-11-5-1-2-6-10-8(14(18)12(6)16)4-3-7(9(5)10)13(11)17/h1-4H. The Morgan fingerprint density at radius 2 is 0.667 bits per heavy atom. The first kappa shape index (κ1) is 10.9. The molecule has 0 aliphatic heterocycles. The van der Waals surface area contributed by atoms with E-state index >= 15 is 0 Å². The van der Waals surface area contributed by atoms with Gasteiger partial charge in [-0.2, -0.15) is 0 Å². The molecular formula is C14H4S4. The summed E-state index contributed by atoms with van der Waals surface area (Å²) in [5.41, 5.74) is 4.22. The maximum absolute atomic E-state index is 5.42. The highest BCUT2D eigenvalue weighted by molar-refractivity contribution is 7.91. The van der Waals surface area contributed by atoms with Crippen LogP contribution in [-0.2, 0) is 0 Å². The van der Waals surface area contributed by atoms with Crippen molar-refractivity contribution in [1.82, 2.24) is 0 Å². The molecule has 4 heteroatoms. The van der Waals surface area contributed by atoms with Gasteiger partial charge >= 0.3 is 0 Å². The molecule has 0 saturated carbocycles. The number of hydrogen-bond acceptors (Lipinski definition) is 4. The summed E-state index contributed by atoms with van der Waals surface area (Å²) in [7, 11) is 0. The van der Waals surface area contributed by atoms with Gasteiger partial charge in [0.1, 0.15) is 0 Å². The lowest BCUT2D eigenvalue weighted by Crippen LogP contribution is -2.05. The normalized spacial score (nSPS) is 16.2. The van der Waals surface area contributed by atoms with Crippen LogP contribution in [0.5, 0.6) is 0 Å². The molecule has 0 saturated heterocycles. The average molecular weight is 300 g/mol. The predicted octanol–water partition coefficient (Wildman–Crippen LogP) is 3.74. The quantitative estimate of drug-likeness (QED) is 0.679. The maximum Gasteiger partial charge on any atom is 0.0642 e. The first-order valence-corrected chi connectivity index (χ1v) is 7.02. The van der Waals surface area contributed by atoms with E-state index in [-0.39, 0.29) is 0 Å². The van der Waals surface area contributed by atoms with Gasteiger partial charge in [-0.1, -0.05) is 73.1 Å². The van der Waals surface area contributed by atoms with E-state index in [1.165, 1.54) is 0 Å². The summed E-state index contributed by atoms with van der Waals surface area (Å²) in [6.45, 7) is 0. The van der Waals surface area contributed by atoms with Gasteiger partial charge in [0.15, 0.2) is 0 Å². The minimum Gasteiger partial charge on any atom is -0.0778 e. The van der Waals surface area contributed by atoms with Crippen LogP contribution < -0.4 is 0 Å². The first-order chi connectivity index (χ1) is 8.61. The second-order valence-electron chi connectivity index (χ2n) is 4.39. The van der Waals surface area contributed by atoms with E-state index < -0.39 is 0 Å². The Hall–Kier alpha value is -0.940. The number of rotatable bonds is 0. The predicted molar refractivity (Wildman–Crippen MR) is 90.7 cm³/mol. The van der Waals surface area contributed by atoms with Crippen LogP contribution >= 0.6 is 48.9 Å². The number of thiocarbonyl (C=S) groups is 4. The van der Waals surface area contributed by atoms with Gasteiger partial charge in [0.05, 0.1) is 19.5 Å². The highest BCUT2D eigenvalue weighted by atomic mass is 32.1. The number of benzene rings is 2. The Labute approximate surface area is 125 Å². The second-order valence-corrected chi connectivity index (χ2v) is 6.02. The summed E-state index contributed by atoms with van der Waals surface area (Å²) < 4.78 is 0. The molecule has 4 rings (SSSR count). The zero-order valence-electron chi connectivity index (χ0n) is 8.94. The van der Waals surface area contributed by atoms with E-state index in [0.717, 1.165) is 52.5 Å². The lowest BCUT2D eigenvalue weighted by Gasteiger charge is -2.03. The summed E-state index contributed by atoms with van der Waals surface area (Å²) in [4.78, 5) is 3.08. The van der Waals surface area contributed by atoms with Gasteiger partial charge in [-0.25, -0.2) is 0 Å². The van der Waals surface area contributed by atoms with E-state index in [9.17, 15) is 0 Å². The Morgan fingerprint density at radius 1 is 0.444 bits per heavy atom. The third kappa shape index (κ3) is 1.06. The highest BCUT2D eigenvalue weighted by Crippen LogP contribution is 2.40. The smallest absolute Gasteiger partial charge is 0.0642 e. The summed E-state index contributed by atoms with van der Waals surface area (Å²) >= 11 is 21.7. The molecule has 2 aliphatic carbocycles. The zero-order valence-corrected chi connectivity index (χ0v) is 12.2. The molecule has 0 heterocycles. The fraction of sp³-hybridized carbons (Fsp3) is 0. The molecule has 2 aromatic rings. The van der Waals surface area contributed by atoms with E-state index in [0.29, 0.717) is 0 Å². The van der Waals surface area contributed by atoms with Gasteiger partial charge in [0.2, 0.25) is 0 Å². The van der Waals surface area contributed by atoms with Crippen LogP contribution in [0.4, 0.5) is 0 Å². The van der Waals surface area contributed by atoms with Crippen LogP contribution in [0.2, 0.25) is 0 Å². The van der Waals surface area contributed by atoms with Crippen molar-refractivity contribution in [3.63, 3.8) is 0 Å². The molecule has 2 aromatic carbocycles. The third-order valence-corrected chi connectivity index (χ3v) is 5.51. The van der Waals surface area contributed by atoms with E-state index in [2.05, 4.69) is 0 Å². The zero-order chi connectivity index (χ0) is 12.6. The highest BCUT2D eigenvalue weighted by Gasteiger charge is 2.32. The first-order valence-electron chi connectivity index (χ1n) is 5.39. The summed E-state index contributed by atoms with van der Waals surface area (Å²) in [6.07, 6.45) is 0. The van der Waals surface area contributed by atoms with Crippen LogP contribution in [0.3, 0.4) is 0 Å². The Bertz CT molecular complexity index is 705. The van der Waals surface area contributed by atoms with Crippen LogP contribution in [0.15, 0.2) is 24.3 Å². The van der Waals surface area contributed by atoms with E-state index in [1.807, 2.05) is 24.3 Å². The minimum absolute atomic E-state index is 0.771. The van der Waals surface area contributed by atoms with Crippen molar-refractivity contribution < 1.29 is 0 Å². The van der Waals surface area contributed by atoms with Crippen molar-refractivity contribution in [1.29, 1.82) is 0 Å². The topological polar surface area (TPSA) is 0 Å². The SMILES string of the molecule is S=C1C(=S)c2ccc3c4c(ccc1c24)C(=S)C3=S. The monoisotopic (exact) mass is 300 g/mol. The molecule has 0 aromatic heterocycles. The van der Waals surface area contributed by atoms with Gasteiger partial charge in [0, 0.05) is 33.0 Å². The lowest BCUT2D eigenvalue weighted by molar-refractivity contribution is 1.72. The largest absolute Gasteiger partial charge is 0.0778 e. The van der Waals surface area contributed by atoms with Crippen molar-refractivity contribution in [2.45, 2.75) is 0 Å². The Morgan fingerprint density at radius 3 is 0.889 bits per heavy atom. The molecule has 0 unspecified atom stereocenters. The van der Waals surface area contributed by atoms with Crippen LogP contribution in [-0.4, -0.2) is 19.5 Å². The molecular weight excluding hydrogens is 296 g/mol. The molecule has 0 fully saturated rings. The van der Waals surface area contributed by atoms with Gasteiger partial charge in [0.25, 0.3) is 0 Å². The third-order valence-electron chi connectivity index (χ3n) is 3.55. The molecule has 18 heavy (non-hydrogen) atoms. The van der Waals surface area contributed by atoms with E-state index in [1.54, 1.807) is 0 Å². The minimum atomic E-state index is 0.771. The van der Waals surface area contributed by atoms with Crippen LogP contribution in [0, 0.1) is 0 Å². The summed E-state index contributed by atoms with van der Waals surface area (Å²) in [5, 5.41) is 2.28. The van der Waals surface area contributed by atoms with Gasteiger partial charge < -0.3 is 0 Å². The molecule has 0 N–H and O–H groups in total. The van der Waals surface area contributed by atoms with Crippen molar-refractivity contribution >= 4 is 79.1 Å². The van der Waals surface area contributed by atoms with Gasteiger partial charge in [-0.05, 0) is 0 Å². The molecule has 0 spiro atoms. The van der Waals surface area contributed by atoms with Crippen molar-refractivity contribution in [2.75, 3.05) is 0 Å². The summed E-state index contributed by atoms with van der Waals surface area (Å²) in [5.74, 6) is 0. The van der Waals surface area contributed by atoms with Crippen LogP contribution in [0.25, 0.3) is 10.8 Å². The Kier molecular flexibility index (Phi) is 2.02. The van der Waals surface area contributed by atoms with Gasteiger partial charge in [-0.3, -0.25) is 0 Å². The van der Waals surface area contributed by atoms with E-state index in [4.69, 9.17) is 48.9 Å². The van der Waals surface area contributed by atoms with Crippen molar-refractivity contribution in [3.05, 3.63) is 46.5 Å².